The quantitative estimate of drug-likeness (QED) is 0.657. The fourth-order valence-corrected chi connectivity index (χ4v) is 2.02. The monoisotopic (exact) mass is 295 g/mol. The van der Waals surface area contributed by atoms with Gasteiger partial charge in [-0.15, -0.1) is 0 Å². The van der Waals surface area contributed by atoms with Gasteiger partial charge in [-0.3, -0.25) is 4.79 Å². The van der Waals surface area contributed by atoms with Crippen molar-refractivity contribution in [2.24, 2.45) is 5.10 Å². The van der Waals surface area contributed by atoms with Crippen molar-refractivity contribution >= 4 is 17.8 Å². The van der Waals surface area contributed by atoms with Crippen LogP contribution in [0.15, 0.2) is 59.7 Å². The maximum Gasteiger partial charge on any atom is 0.271 e. The van der Waals surface area contributed by atoms with Gasteiger partial charge in [-0.1, -0.05) is 30.3 Å². The van der Waals surface area contributed by atoms with Gasteiger partial charge in [0.2, 0.25) is 0 Å². The molecule has 1 amide bonds. The number of carbonyl (C=O) groups is 1. The molecule has 0 saturated heterocycles. The average molecular weight is 295 g/mol. The molecule has 0 fully saturated rings. The van der Waals surface area contributed by atoms with Crippen LogP contribution in [-0.4, -0.2) is 26.2 Å². The summed E-state index contributed by atoms with van der Waals surface area (Å²) in [6.45, 7) is 0. The van der Waals surface area contributed by atoms with E-state index < -0.39 is 0 Å². The highest BCUT2D eigenvalue weighted by Gasteiger charge is 2.04. The molecule has 0 unspecified atom stereocenters. The van der Waals surface area contributed by atoms with Gasteiger partial charge in [-0.05, 0) is 42.7 Å². The van der Waals surface area contributed by atoms with Crippen LogP contribution < -0.4 is 10.3 Å². The zero-order chi connectivity index (χ0) is 15.8. The number of nitrogens with one attached hydrogen (secondary N) is 1. The van der Waals surface area contributed by atoms with Crippen LogP contribution in [0.4, 0.5) is 5.69 Å². The third-order valence-electron chi connectivity index (χ3n) is 3.31. The van der Waals surface area contributed by atoms with Crippen LogP contribution in [0.1, 0.15) is 22.3 Å². The Morgan fingerprint density at radius 2 is 1.77 bits per heavy atom. The number of benzene rings is 2. The van der Waals surface area contributed by atoms with E-state index in [1.54, 1.807) is 18.3 Å². The number of hydrogen-bond donors (Lipinski definition) is 1. The molecule has 22 heavy (non-hydrogen) atoms. The van der Waals surface area contributed by atoms with E-state index in [4.69, 9.17) is 0 Å². The molecular weight excluding hydrogens is 274 g/mol. The summed E-state index contributed by atoms with van der Waals surface area (Å²) < 4.78 is 0. The van der Waals surface area contributed by atoms with E-state index in [0.717, 1.165) is 18.5 Å². The predicted octanol–water partition coefficient (Wildman–Crippen LogP) is 3.10. The average Bonchev–Trinajstić information content (AvgIpc) is 2.55. The van der Waals surface area contributed by atoms with E-state index >= 15 is 0 Å². The highest BCUT2D eigenvalue weighted by molar-refractivity contribution is 5.94. The molecule has 0 saturated carbocycles. The minimum absolute atomic E-state index is 0.193. The summed E-state index contributed by atoms with van der Waals surface area (Å²) in [4.78, 5) is 13.9. The van der Waals surface area contributed by atoms with Crippen molar-refractivity contribution in [2.45, 2.75) is 12.8 Å². The molecule has 0 spiro atoms. The molecule has 4 nitrogen and oxygen atoms in total. The van der Waals surface area contributed by atoms with Crippen LogP contribution in [0.5, 0.6) is 0 Å². The first-order valence-electron chi connectivity index (χ1n) is 7.30. The second-order valence-corrected chi connectivity index (χ2v) is 5.22. The van der Waals surface area contributed by atoms with E-state index in [1.165, 1.54) is 5.56 Å². The summed E-state index contributed by atoms with van der Waals surface area (Å²) in [5, 5.41) is 3.99. The lowest BCUT2D eigenvalue weighted by Gasteiger charge is -2.12. The molecule has 2 rings (SSSR count). The van der Waals surface area contributed by atoms with Crippen LogP contribution in [0.2, 0.25) is 0 Å². The van der Waals surface area contributed by atoms with Gasteiger partial charge in [0.25, 0.3) is 5.91 Å². The molecule has 0 aliphatic rings. The summed E-state index contributed by atoms with van der Waals surface area (Å²) in [5.74, 6) is -0.193. The van der Waals surface area contributed by atoms with Crippen molar-refractivity contribution in [3.63, 3.8) is 0 Å². The summed E-state index contributed by atoms with van der Waals surface area (Å²) in [6.07, 6.45) is 3.45. The normalized spacial score (nSPS) is 10.6. The second kappa shape index (κ2) is 7.98. The number of aryl methyl sites for hydroxylation is 1. The van der Waals surface area contributed by atoms with Gasteiger partial charge in [0, 0.05) is 31.6 Å². The molecule has 2 aromatic rings. The molecule has 0 radical (unpaired) electrons. The Labute approximate surface area is 131 Å². The minimum atomic E-state index is -0.193. The Morgan fingerprint density at radius 1 is 1.09 bits per heavy atom. The predicted molar refractivity (Wildman–Crippen MR) is 91.5 cm³/mol. The first kappa shape index (κ1) is 15.8. The van der Waals surface area contributed by atoms with Crippen molar-refractivity contribution in [3.05, 3.63) is 65.7 Å². The van der Waals surface area contributed by atoms with E-state index in [-0.39, 0.29) is 5.91 Å². The van der Waals surface area contributed by atoms with Gasteiger partial charge in [0.05, 0.1) is 0 Å². The van der Waals surface area contributed by atoms with Crippen molar-refractivity contribution in [1.29, 1.82) is 0 Å². The molecule has 1 N–H and O–H groups in total. The van der Waals surface area contributed by atoms with Crippen LogP contribution in [-0.2, 0) is 6.42 Å². The minimum Gasteiger partial charge on any atom is -0.378 e. The number of anilines is 1. The zero-order valence-corrected chi connectivity index (χ0v) is 13.0. The summed E-state index contributed by atoms with van der Waals surface area (Å²) in [6, 6.07) is 17.6. The van der Waals surface area contributed by atoms with Gasteiger partial charge in [-0.25, -0.2) is 5.43 Å². The maximum absolute atomic E-state index is 11.9. The molecule has 4 heteroatoms. The molecule has 0 atom stereocenters. The molecule has 0 heterocycles. The van der Waals surface area contributed by atoms with Crippen molar-refractivity contribution in [1.82, 2.24) is 5.43 Å². The van der Waals surface area contributed by atoms with Crippen molar-refractivity contribution in [3.8, 4) is 0 Å². The fraction of sp³-hybridized carbons (Fsp3) is 0.222. The van der Waals surface area contributed by atoms with E-state index in [0.29, 0.717) is 5.56 Å². The number of hydrazone groups is 1. The van der Waals surface area contributed by atoms with E-state index in [9.17, 15) is 4.79 Å². The molecule has 0 aliphatic heterocycles. The molecule has 114 valence electrons. The Hall–Kier alpha value is -2.62. The number of carbonyl (C=O) groups excluding carboxylic acids is 1. The summed E-state index contributed by atoms with van der Waals surface area (Å²) in [5.41, 5.74) is 5.48. The van der Waals surface area contributed by atoms with Crippen LogP contribution in [0.25, 0.3) is 0 Å². The summed E-state index contributed by atoms with van der Waals surface area (Å²) >= 11 is 0. The van der Waals surface area contributed by atoms with Gasteiger partial charge in [0.1, 0.15) is 0 Å². The third kappa shape index (κ3) is 4.74. The number of rotatable bonds is 6. The molecular formula is C18H21N3O. The Bertz CT molecular complexity index is 619. The van der Waals surface area contributed by atoms with Crippen molar-refractivity contribution < 1.29 is 4.79 Å². The van der Waals surface area contributed by atoms with Gasteiger partial charge < -0.3 is 4.90 Å². The smallest absolute Gasteiger partial charge is 0.271 e. The van der Waals surface area contributed by atoms with E-state index in [1.807, 2.05) is 49.3 Å². The van der Waals surface area contributed by atoms with Gasteiger partial charge in [0.15, 0.2) is 0 Å². The highest BCUT2D eigenvalue weighted by atomic mass is 16.2. The third-order valence-corrected chi connectivity index (χ3v) is 3.31. The first-order valence-corrected chi connectivity index (χ1v) is 7.30. The highest BCUT2D eigenvalue weighted by Crippen LogP contribution is 2.12. The second-order valence-electron chi connectivity index (χ2n) is 5.22. The lowest BCUT2D eigenvalue weighted by Crippen LogP contribution is -2.17. The van der Waals surface area contributed by atoms with Crippen LogP contribution >= 0.6 is 0 Å². The maximum atomic E-state index is 11.9. The molecule has 0 aromatic heterocycles. The standard InChI is InChI=1S/C18H21N3O/c1-21(2)17-12-10-16(11-13-17)18(22)20-19-14-6-9-15-7-4-3-5-8-15/h3-5,7-8,10-14H,6,9H2,1-2H3,(H,20,22)/b19-14+. The Kier molecular flexibility index (Phi) is 5.72. The topological polar surface area (TPSA) is 44.7 Å². The number of hydrogen-bond acceptors (Lipinski definition) is 3. The van der Waals surface area contributed by atoms with Crippen LogP contribution in [0.3, 0.4) is 0 Å². The lowest BCUT2D eigenvalue weighted by molar-refractivity contribution is 0.0955. The Balaban J connectivity index is 1.78. The molecule has 2 aromatic carbocycles. The molecule has 0 aliphatic carbocycles. The largest absolute Gasteiger partial charge is 0.378 e. The number of nitrogens with zero attached hydrogens (tertiary/aromatic N) is 2. The number of amides is 1. The first-order chi connectivity index (χ1) is 10.7. The Morgan fingerprint density at radius 3 is 2.41 bits per heavy atom. The lowest BCUT2D eigenvalue weighted by atomic mass is 10.1. The fourth-order valence-electron chi connectivity index (χ4n) is 2.02. The van der Waals surface area contributed by atoms with Gasteiger partial charge >= 0.3 is 0 Å². The molecule has 0 bridgehead atoms. The SMILES string of the molecule is CN(C)c1ccc(C(=O)N/N=C/CCc2ccccc2)cc1. The summed E-state index contributed by atoms with van der Waals surface area (Å²) in [7, 11) is 3.93. The van der Waals surface area contributed by atoms with Crippen molar-refractivity contribution in [2.75, 3.05) is 19.0 Å². The van der Waals surface area contributed by atoms with Crippen LogP contribution in [0, 0.1) is 0 Å². The van der Waals surface area contributed by atoms with Gasteiger partial charge in [-0.2, -0.15) is 5.10 Å². The van der Waals surface area contributed by atoms with E-state index in [2.05, 4.69) is 22.7 Å². The zero-order valence-electron chi connectivity index (χ0n) is 13.0.